The third-order valence-corrected chi connectivity index (χ3v) is 5.17. The van der Waals surface area contributed by atoms with Gasteiger partial charge in [0.25, 0.3) is 0 Å². The molecule has 0 bridgehead atoms. The van der Waals surface area contributed by atoms with E-state index in [2.05, 4.69) is 16.9 Å². The fourth-order valence-electron chi connectivity index (χ4n) is 3.88. The Balaban J connectivity index is 1.69. The molecule has 2 aromatic rings. The minimum Gasteiger partial charge on any atom is -0.355 e. The van der Waals surface area contributed by atoms with Gasteiger partial charge in [-0.3, -0.25) is 4.79 Å². The van der Waals surface area contributed by atoms with E-state index in [1.807, 2.05) is 21.7 Å². The lowest BCUT2D eigenvalue weighted by Crippen LogP contribution is -2.32. The number of fused-ring (bicyclic) bond motifs is 1. The number of hydrogen-bond acceptors (Lipinski definition) is 5. The van der Waals surface area contributed by atoms with Crippen LogP contribution in [0.25, 0.3) is 5.65 Å². The summed E-state index contributed by atoms with van der Waals surface area (Å²) in [6.45, 7) is 4.68. The van der Waals surface area contributed by atoms with Crippen LogP contribution in [0, 0.1) is 6.92 Å². The molecule has 24 heavy (non-hydrogen) atoms. The third kappa shape index (κ3) is 2.62. The van der Waals surface area contributed by atoms with Crippen molar-refractivity contribution in [2.45, 2.75) is 44.7 Å². The van der Waals surface area contributed by atoms with Crippen molar-refractivity contribution in [3.63, 3.8) is 0 Å². The molecule has 2 N–H and O–H groups in total. The molecule has 0 radical (unpaired) electrons. The van der Waals surface area contributed by atoms with Crippen LogP contribution in [0.3, 0.4) is 0 Å². The zero-order chi connectivity index (χ0) is 16.7. The second-order valence-corrected chi connectivity index (χ2v) is 6.97. The number of likely N-dealkylation sites (tertiary alicyclic amines) is 1. The molecule has 4 heterocycles. The first-order valence-corrected chi connectivity index (χ1v) is 8.74. The van der Waals surface area contributed by atoms with E-state index in [0.29, 0.717) is 0 Å². The minimum absolute atomic E-state index is 0.0712. The summed E-state index contributed by atoms with van der Waals surface area (Å²) in [4.78, 5) is 20.3. The summed E-state index contributed by atoms with van der Waals surface area (Å²) in [5.41, 5.74) is 8.90. The van der Waals surface area contributed by atoms with Crippen molar-refractivity contribution < 1.29 is 4.79 Å². The van der Waals surface area contributed by atoms with E-state index >= 15 is 0 Å². The van der Waals surface area contributed by atoms with E-state index < -0.39 is 0 Å². The summed E-state index contributed by atoms with van der Waals surface area (Å²) in [5.74, 6) is 0.998. The summed E-state index contributed by atoms with van der Waals surface area (Å²) < 4.78 is 1.84. The second-order valence-electron chi connectivity index (χ2n) is 6.97. The molecular weight excluding hydrogens is 304 g/mol. The molecule has 4 rings (SSSR count). The first kappa shape index (κ1) is 15.4. The lowest BCUT2D eigenvalue weighted by atomic mass is 10.0. The van der Waals surface area contributed by atoms with Crippen LogP contribution in [0.15, 0.2) is 12.3 Å². The normalized spacial score (nSPS) is 24.8. The number of carbonyl (C=O) groups excluding carboxylic acids is 1. The monoisotopic (exact) mass is 328 g/mol. The first-order valence-electron chi connectivity index (χ1n) is 8.74. The van der Waals surface area contributed by atoms with Gasteiger partial charge < -0.3 is 15.5 Å². The van der Waals surface area contributed by atoms with Crippen LogP contribution in [0.2, 0.25) is 0 Å². The SMILES string of the molecule is Cc1cn2nc([C@@H]3CCCCN3C=O)cc2nc1N1CC[C@H](N)C1. The number of nitrogens with two attached hydrogens (primary N) is 1. The molecule has 7 nitrogen and oxygen atoms in total. The van der Waals surface area contributed by atoms with E-state index in [-0.39, 0.29) is 12.1 Å². The Morgan fingerprint density at radius 3 is 2.92 bits per heavy atom. The highest BCUT2D eigenvalue weighted by atomic mass is 16.1. The molecule has 0 aliphatic carbocycles. The van der Waals surface area contributed by atoms with Crippen molar-refractivity contribution in [2.75, 3.05) is 24.5 Å². The molecule has 2 saturated heterocycles. The highest BCUT2D eigenvalue weighted by Gasteiger charge is 2.26. The van der Waals surface area contributed by atoms with Crippen LogP contribution < -0.4 is 10.6 Å². The Kier molecular flexibility index (Phi) is 3.88. The number of hydrogen-bond donors (Lipinski definition) is 1. The number of aryl methyl sites for hydroxylation is 1. The first-order chi connectivity index (χ1) is 11.7. The zero-order valence-corrected chi connectivity index (χ0v) is 14.1. The Labute approximate surface area is 141 Å². The van der Waals surface area contributed by atoms with Crippen LogP contribution in [-0.4, -0.2) is 51.6 Å². The minimum atomic E-state index is 0.0712. The van der Waals surface area contributed by atoms with Crippen molar-refractivity contribution >= 4 is 17.9 Å². The number of aromatic nitrogens is 3. The molecule has 2 aliphatic rings. The molecule has 0 spiro atoms. The van der Waals surface area contributed by atoms with Crippen LogP contribution in [0.4, 0.5) is 5.82 Å². The summed E-state index contributed by atoms with van der Waals surface area (Å²) in [6, 6.07) is 2.32. The molecule has 0 saturated carbocycles. The van der Waals surface area contributed by atoms with Gasteiger partial charge >= 0.3 is 0 Å². The van der Waals surface area contributed by atoms with Crippen molar-refractivity contribution in [3.8, 4) is 0 Å². The van der Waals surface area contributed by atoms with Crippen LogP contribution in [-0.2, 0) is 4.79 Å². The van der Waals surface area contributed by atoms with E-state index in [0.717, 1.165) is 74.5 Å². The molecule has 128 valence electrons. The average Bonchev–Trinajstić information content (AvgIpc) is 3.19. The second kappa shape index (κ2) is 6.05. The van der Waals surface area contributed by atoms with Crippen molar-refractivity contribution in [1.29, 1.82) is 0 Å². The Hall–Kier alpha value is -2.15. The number of anilines is 1. The Morgan fingerprint density at radius 1 is 1.29 bits per heavy atom. The molecule has 2 atom stereocenters. The lowest BCUT2D eigenvalue weighted by Gasteiger charge is -2.31. The van der Waals surface area contributed by atoms with E-state index in [4.69, 9.17) is 10.7 Å². The highest BCUT2D eigenvalue weighted by molar-refractivity contribution is 5.55. The predicted molar refractivity (Wildman–Crippen MR) is 91.9 cm³/mol. The lowest BCUT2D eigenvalue weighted by molar-refractivity contribution is -0.121. The van der Waals surface area contributed by atoms with Crippen molar-refractivity contribution in [3.05, 3.63) is 23.5 Å². The summed E-state index contributed by atoms with van der Waals surface area (Å²) >= 11 is 0. The number of nitrogens with zero attached hydrogens (tertiary/aromatic N) is 5. The molecule has 0 unspecified atom stereocenters. The third-order valence-electron chi connectivity index (χ3n) is 5.17. The van der Waals surface area contributed by atoms with Gasteiger partial charge in [0.1, 0.15) is 5.82 Å². The summed E-state index contributed by atoms with van der Waals surface area (Å²) in [5, 5.41) is 4.69. The standard InChI is InChI=1S/C17H24N6O/c1-12-9-23-16(19-17(12)21-7-5-13(18)10-21)8-14(20-23)15-4-2-3-6-22(15)11-24/h8-9,11,13,15H,2-7,10,18H2,1H3/t13-,15-/m0/s1. The van der Waals surface area contributed by atoms with Crippen molar-refractivity contribution in [2.24, 2.45) is 5.73 Å². The summed E-state index contributed by atoms with van der Waals surface area (Å²) in [6.07, 6.45) is 7.15. The Morgan fingerprint density at radius 2 is 2.17 bits per heavy atom. The summed E-state index contributed by atoms with van der Waals surface area (Å²) in [7, 11) is 0. The zero-order valence-electron chi connectivity index (χ0n) is 14.1. The topological polar surface area (TPSA) is 79.8 Å². The van der Waals surface area contributed by atoms with Gasteiger partial charge in [-0.1, -0.05) is 0 Å². The smallest absolute Gasteiger partial charge is 0.210 e. The maximum atomic E-state index is 11.3. The van der Waals surface area contributed by atoms with Gasteiger partial charge in [0.15, 0.2) is 5.65 Å². The average molecular weight is 328 g/mol. The largest absolute Gasteiger partial charge is 0.355 e. The molecule has 0 aromatic carbocycles. The van der Waals surface area contributed by atoms with E-state index in [9.17, 15) is 4.79 Å². The van der Waals surface area contributed by atoms with Gasteiger partial charge in [0, 0.05) is 43.5 Å². The molecule has 2 fully saturated rings. The highest BCUT2D eigenvalue weighted by Crippen LogP contribution is 2.30. The quantitative estimate of drug-likeness (QED) is 0.858. The van der Waals surface area contributed by atoms with Gasteiger partial charge in [0.05, 0.1) is 11.7 Å². The van der Waals surface area contributed by atoms with E-state index in [1.165, 1.54) is 0 Å². The van der Waals surface area contributed by atoms with Crippen LogP contribution >= 0.6 is 0 Å². The predicted octanol–water partition coefficient (Wildman–Crippen LogP) is 1.26. The number of amides is 1. The van der Waals surface area contributed by atoms with Crippen LogP contribution in [0.5, 0.6) is 0 Å². The molecule has 2 aromatic heterocycles. The van der Waals surface area contributed by atoms with Gasteiger partial charge in [-0.2, -0.15) is 5.10 Å². The number of carbonyl (C=O) groups is 1. The van der Waals surface area contributed by atoms with Gasteiger partial charge in [-0.05, 0) is 32.6 Å². The fraction of sp³-hybridized carbons (Fsp3) is 0.588. The molecule has 7 heteroatoms. The van der Waals surface area contributed by atoms with Crippen LogP contribution in [0.1, 0.15) is 43.0 Å². The van der Waals surface area contributed by atoms with Gasteiger partial charge in [-0.15, -0.1) is 0 Å². The van der Waals surface area contributed by atoms with E-state index in [1.54, 1.807) is 0 Å². The van der Waals surface area contributed by atoms with Crippen molar-refractivity contribution in [1.82, 2.24) is 19.5 Å². The number of rotatable bonds is 3. The number of piperidine rings is 1. The maximum Gasteiger partial charge on any atom is 0.210 e. The fourth-order valence-corrected chi connectivity index (χ4v) is 3.88. The molecule has 2 aliphatic heterocycles. The Bertz CT molecular complexity index is 757. The molecular formula is C17H24N6O. The maximum absolute atomic E-state index is 11.3. The van der Waals surface area contributed by atoms with Gasteiger partial charge in [0.2, 0.25) is 6.41 Å². The molecule has 1 amide bonds. The van der Waals surface area contributed by atoms with Gasteiger partial charge in [-0.25, -0.2) is 9.50 Å².